The lowest BCUT2D eigenvalue weighted by Gasteiger charge is -2.48. The summed E-state index contributed by atoms with van der Waals surface area (Å²) in [6.45, 7) is 2.12. The number of hydrogen-bond donors (Lipinski definition) is 0. The van der Waals surface area contributed by atoms with Gasteiger partial charge in [0.15, 0.2) is 0 Å². The first-order valence-corrected chi connectivity index (χ1v) is 3.46. The summed E-state index contributed by atoms with van der Waals surface area (Å²) in [4.78, 5) is 10.3. The molecule has 0 bridgehead atoms. The van der Waals surface area contributed by atoms with E-state index in [1.54, 1.807) is 0 Å². The number of allylic oxidation sites excluding steroid dienone is 2. The van der Waals surface area contributed by atoms with Gasteiger partial charge in [0.1, 0.15) is 6.29 Å². The number of carbonyl (C=O) groups excluding carboxylic acids is 1. The zero-order valence-electron chi connectivity index (χ0n) is 5.50. The predicted molar refractivity (Wildman–Crippen MR) is 34.9 cm³/mol. The van der Waals surface area contributed by atoms with E-state index >= 15 is 0 Å². The van der Waals surface area contributed by atoms with Crippen molar-refractivity contribution in [2.45, 2.75) is 13.3 Å². The highest BCUT2D eigenvalue weighted by Gasteiger charge is 2.45. The number of aldehydes is 1. The zero-order valence-corrected chi connectivity index (χ0v) is 5.50. The van der Waals surface area contributed by atoms with E-state index < -0.39 is 0 Å². The first kappa shape index (κ1) is 5.21. The van der Waals surface area contributed by atoms with Crippen molar-refractivity contribution < 1.29 is 4.79 Å². The second-order valence-corrected chi connectivity index (χ2v) is 3.14. The minimum Gasteiger partial charge on any atom is -0.303 e. The lowest BCUT2D eigenvalue weighted by molar-refractivity contribution is -0.117. The first-order valence-electron chi connectivity index (χ1n) is 3.46. The van der Waals surface area contributed by atoms with Crippen LogP contribution in [0.4, 0.5) is 0 Å². The molecule has 9 heavy (non-hydrogen) atoms. The monoisotopic (exact) mass is 122 g/mol. The Morgan fingerprint density at radius 2 is 2.56 bits per heavy atom. The second-order valence-electron chi connectivity index (χ2n) is 3.14. The van der Waals surface area contributed by atoms with Crippen LogP contribution in [0.5, 0.6) is 0 Å². The van der Waals surface area contributed by atoms with Gasteiger partial charge in [0.2, 0.25) is 0 Å². The fourth-order valence-corrected chi connectivity index (χ4v) is 2.05. The summed E-state index contributed by atoms with van der Waals surface area (Å²) in [6.07, 6.45) is 4.51. The Kier molecular flexibility index (Phi) is 0.850. The smallest absolute Gasteiger partial charge is 0.123 e. The summed E-state index contributed by atoms with van der Waals surface area (Å²) in [5, 5.41) is 0. The average Bonchev–Trinajstić information content (AvgIpc) is 1.80. The summed E-state index contributed by atoms with van der Waals surface area (Å²) < 4.78 is 0. The largest absolute Gasteiger partial charge is 0.303 e. The van der Waals surface area contributed by atoms with Gasteiger partial charge in [-0.1, -0.05) is 11.6 Å². The molecule has 0 heterocycles. The van der Waals surface area contributed by atoms with Gasteiger partial charge in [-0.3, -0.25) is 0 Å². The molecule has 1 saturated carbocycles. The van der Waals surface area contributed by atoms with Gasteiger partial charge in [-0.2, -0.15) is 0 Å². The molecule has 0 saturated heterocycles. The fraction of sp³-hybridized carbons (Fsp3) is 0.625. The molecule has 2 rings (SSSR count). The maximum absolute atomic E-state index is 10.3. The molecule has 2 unspecified atom stereocenters. The summed E-state index contributed by atoms with van der Waals surface area (Å²) in [7, 11) is 0. The van der Waals surface area contributed by atoms with Crippen LogP contribution in [0.15, 0.2) is 11.6 Å². The highest BCUT2D eigenvalue weighted by Crippen LogP contribution is 2.51. The van der Waals surface area contributed by atoms with Crippen LogP contribution in [0.1, 0.15) is 13.3 Å². The average molecular weight is 122 g/mol. The third-order valence-electron chi connectivity index (χ3n) is 2.64. The van der Waals surface area contributed by atoms with E-state index in [2.05, 4.69) is 13.0 Å². The summed E-state index contributed by atoms with van der Waals surface area (Å²) in [5.74, 6) is 1.81. The van der Waals surface area contributed by atoms with E-state index in [0.29, 0.717) is 11.8 Å². The van der Waals surface area contributed by atoms with Crippen LogP contribution in [0.3, 0.4) is 0 Å². The number of hydrogen-bond acceptors (Lipinski definition) is 1. The quantitative estimate of drug-likeness (QED) is 0.379. The van der Waals surface area contributed by atoms with Crippen LogP contribution < -0.4 is 0 Å². The zero-order chi connectivity index (χ0) is 6.43. The number of rotatable bonds is 1. The van der Waals surface area contributed by atoms with Gasteiger partial charge in [-0.05, 0) is 25.2 Å². The Balaban J connectivity index is 2.12. The van der Waals surface area contributed by atoms with E-state index in [-0.39, 0.29) is 0 Å². The molecule has 1 heteroatoms. The molecule has 2 aliphatic rings. The molecule has 0 aliphatic heterocycles. The van der Waals surface area contributed by atoms with Crippen molar-refractivity contribution in [1.82, 2.24) is 0 Å². The highest BCUT2D eigenvalue weighted by atomic mass is 16.1. The molecule has 0 aromatic heterocycles. The third kappa shape index (κ3) is 0.473. The fourth-order valence-electron chi connectivity index (χ4n) is 2.05. The van der Waals surface area contributed by atoms with Gasteiger partial charge < -0.3 is 4.79 Å². The van der Waals surface area contributed by atoms with Crippen molar-refractivity contribution in [1.29, 1.82) is 0 Å². The number of fused-ring (bicyclic) bond motifs is 1. The molecular weight excluding hydrogens is 112 g/mol. The highest BCUT2D eigenvalue weighted by molar-refractivity contribution is 5.59. The van der Waals surface area contributed by atoms with Gasteiger partial charge in [-0.25, -0.2) is 0 Å². The van der Waals surface area contributed by atoms with Crippen LogP contribution in [-0.4, -0.2) is 6.29 Å². The normalized spacial score (nSPS) is 45.9. The molecule has 0 aromatic carbocycles. The standard InChI is InChI=1S/C8H10O/c1-5-2-6-3-7(4-9)8(5)6/h2,4,6-8H,3H2,1H3/t6?,7-,8?/m1/s1. The molecule has 2 aliphatic carbocycles. The van der Waals surface area contributed by atoms with Crippen molar-refractivity contribution in [3.8, 4) is 0 Å². The van der Waals surface area contributed by atoms with E-state index in [1.165, 1.54) is 5.57 Å². The SMILES string of the molecule is CC1=CC2C[C@H](C=O)C12. The van der Waals surface area contributed by atoms with Crippen LogP contribution in [0.2, 0.25) is 0 Å². The molecule has 0 aromatic rings. The number of carbonyl (C=O) groups is 1. The van der Waals surface area contributed by atoms with Gasteiger partial charge in [0.25, 0.3) is 0 Å². The lowest BCUT2D eigenvalue weighted by Crippen LogP contribution is -2.43. The lowest BCUT2D eigenvalue weighted by atomic mass is 9.55. The van der Waals surface area contributed by atoms with Crippen LogP contribution in [-0.2, 0) is 4.79 Å². The Morgan fingerprint density at radius 1 is 1.78 bits per heavy atom. The topological polar surface area (TPSA) is 17.1 Å². The molecule has 1 nitrogen and oxygen atoms in total. The van der Waals surface area contributed by atoms with Crippen LogP contribution in [0.25, 0.3) is 0 Å². The van der Waals surface area contributed by atoms with E-state index in [4.69, 9.17) is 0 Å². The van der Waals surface area contributed by atoms with E-state index in [0.717, 1.165) is 18.6 Å². The van der Waals surface area contributed by atoms with Gasteiger partial charge >= 0.3 is 0 Å². The Morgan fingerprint density at radius 3 is 2.89 bits per heavy atom. The molecule has 0 radical (unpaired) electrons. The Hall–Kier alpha value is -0.590. The van der Waals surface area contributed by atoms with Gasteiger partial charge in [0.05, 0.1) is 0 Å². The maximum atomic E-state index is 10.3. The van der Waals surface area contributed by atoms with Crippen molar-refractivity contribution in [2.75, 3.05) is 0 Å². The molecule has 3 atom stereocenters. The second kappa shape index (κ2) is 1.47. The third-order valence-corrected chi connectivity index (χ3v) is 2.64. The van der Waals surface area contributed by atoms with Crippen molar-refractivity contribution >= 4 is 6.29 Å². The summed E-state index contributed by atoms with van der Waals surface area (Å²) in [6, 6.07) is 0. The Bertz CT molecular complexity index is 181. The molecule has 0 amide bonds. The minimum atomic E-state index is 0.375. The first-order chi connectivity index (χ1) is 4.33. The molecule has 0 spiro atoms. The van der Waals surface area contributed by atoms with Crippen molar-refractivity contribution in [3.05, 3.63) is 11.6 Å². The van der Waals surface area contributed by atoms with Gasteiger partial charge in [-0.15, -0.1) is 0 Å². The van der Waals surface area contributed by atoms with Crippen LogP contribution >= 0.6 is 0 Å². The minimum absolute atomic E-state index is 0.375. The molecule has 1 fully saturated rings. The predicted octanol–water partition coefficient (Wildman–Crippen LogP) is 1.40. The Labute approximate surface area is 54.8 Å². The van der Waals surface area contributed by atoms with Gasteiger partial charge in [0, 0.05) is 5.92 Å². The molecule has 48 valence electrons. The molecule has 0 N–H and O–H groups in total. The summed E-state index contributed by atoms with van der Waals surface area (Å²) >= 11 is 0. The van der Waals surface area contributed by atoms with E-state index in [1.807, 2.05) is 0 Å². The van der Waals surface area contributed by atoms with Crippen molar-refractivity contribution in [2.24, 2.45) is 17.8 Å². The van der Waals surface area contributed by atoms with Crippen molar-refractivity contribution in [3.63, 3.8) is 0 Å². The van der Waals surface area contributed by atoms with E-state index in [9.17, 15) is 4.79 Å². The summed E-state index contributed by atoms with van der Waals surface area (Å²) in [5.41, 5.74) is 1.43. The van der Waals surface area contributed by atoms with Crippen LogP contribution in [0, 0.1) is 17.8 Å². The maximum Gasteiger partial charge on any atom is 0.123 e. The molecular formula is C8H10O.